The van der Waals surface area contributed by atoms with Crippen molar-refractivity contribution in [3.8, 4) is 0 Å². The molecule has 0 aliphatic carbocycles. The number of thioether (sulfide) groups is 1. The molecule has 146 valence electrons. The van der Waals surface area contributed by atoms with Crippen molar-refractivity contribution < 1.29 is 27.9 Å². The summed E-state index contributed by atoms with van der Waals surface area (Å²) >= 11 is 7.16. The molecule has 0 saturated carbocycles. The third-order valence-corrected chi connectivity index (χ3v) is 7.61. The molecule has 2 aliphatic heterocycles. The topological polar surface area (TPSA) is 113 Å². The van der Waals surface area contributed by atoms with Gasteiger partial charge in [0.25, 0.3) is 5.91 Å². The smallest absolute Gasteiger partial charge is 0.329 e. The standard InChI is InChI=1S/C16H17ClN2O6S2/c17-11-3-1-10(2-4-11)5-19-12-8-27(23,24)9-13(12)26-16(19)18-14(20)6-25-7-15(21)22/h1-4,12-13H,5-9H2,(H,21,22). The van der Waals surface area contributed by atoms with Gasteiger partial charge in [-0.05, 0) is 17.7 Å². The molecule has 1 aromatic rings. The number of carbonyl (C=O) groups is 2. The monoisotopic (exact) mass is 432 g/mol. The molecule has 1 N–H and O–H groups in total. The van der Waals surface area contributed by atoms with E-state index in [2.05, 4.69) is 4.99 Å². The van der Waals surface area contributed by atoms with Gasteiger partial charge in [0.2, 0.25) is 0 Å². The Labute approximate surface area is 165 Å². The number of amidine groups is 1. The molecular weight excluding hydrogens is 416 g/mol. The molecule has 1 aromatic carbocycles. The second kappa shape index (κ2) is 8.17. The molecular formula is C16H17ClN2O6S2. The lowest BCUT2D eigenvalue weighted by molar-refractivity contribution is -0.143. The van der Waals surface area contributed by atoms with Gasteiger partial charge in [-0.2, -0.15) is 4.99 Å². The number of hydrogen-bond acceptors (Lipinski definition) is 6. The number of nitrogens with zero attached hydrogens (tertiary/aromatic N) is 2. The highest BCUT2D eigenvalue weighted by Gasteiger charge is 2.48. The van der Waals surface area contributed by atoms with Crippen LogP contribution in [0.15, 0.2) is 29.3 Å². The normalized spacial score (nSPS) is 24.9. The maximum Gasteiger partial charge on any atom is 0.329 e. The summed E-state index contributed by atoms with van der Waals surface area (Å²) in [7, 11) is -3.13. The van der Waals surface area contributed by atoms with E-state index in [-0.39, 0.29) is 22.8 Å². The van der Waals surface area contributed by atoms with E-state index in [1.165, 1.54) is 11.8 Å². The molecule has 0 aromatic heterocycles. The fraction of sp³-hybridized carbons (Fsp3) is 0.438. The number of sulfone groups is 1. The first-order valence-corrected chi connectivity index (χ1v) is 11.1. The summed E-state index contributed by atoms with van der Waals surface area (Å²) < 4.78 is 28.7. The Morgan fingerprint density at radius 2 is 1.96 bits per heavy atom. The number of halogens is 1. The second-order valence-corrected chi connectivity index (χ2v) is 10.0. The fourth-order valence-corrected chi connectivity index (χ4v) is 7.07. The zero-order valence-electron chi connectivity index (χ0n) is 14.1. The summed E-state index contributed by atoms with van der Waals surface area (Å²) in [6, 6.07) is 6.88. The molecule has 0 spiro atoms. The first-order valence-electron chi connectivity index (χ1n) is 8.03. The maximum absolute atomic E-state index is 12.0. The van der Waals surface area contributed by atoms with E-state index in [1.54, 1.807) is 12.1 Å². The quantitative estimate of drug-likeness (QED) is 0.709. The molecule has 2 aliphatic rings. The molecule has 0 bridgehead atoms. The first-order chi connectivity index (χ1) is 12.7. The van der Waals surface area contributed by atoms with E-state index < -0.39 is 34.9 Å². The highest BCUT2D eigenvalue weighted by atomic mass is 35.5. The number of carbonyl (C=O) groups excluding carboxylic acids is 1. The van der Waals surface area contributed by atoms with E-state index in [0.29, 0.717) is 16.7 Å². The lowest BCUT2D eigenvalue weighted by Crippen LogP contribution is -2.37. The third-order valence-electron chi connectivity index (χ3n) is 4.11. The molecule has 8 nitrogen and oxygen atoms in total. The summed E-state index contributed by atoms with van der Waals surface area (Å²) in [4.78, 5) is 28.3. The molecule has 2 atom stereocenters. The van der Waals surface area contributed by atoms with Crippen LogP contribution < -0.4 is 0 Å². The van der Waals surface area contributed by atoms with Crippen LogP contribution in [-0.2, 0) is 30.7 Å². The molecule has 0 radical (unpaired) electrons. The summed E-state index contributed by atoms with van der Waals surface area (Å²) in [5, 5.41) is 9.38. The Balaban J connectivity index is 1.77. The van der Waals surface area contributed by atoms with Crippen LogP contribution in [0.5, 0.6) is 0 Å². The van der Waals surface area contributed by atoms with Gasteiger partial charge in [0.05, 0.1) is 17.5 Å². The highest BCUT2D eigenvalue weighted by Crippen LogP contribution is 2.39. The maximum atomic E-state index is 12.0. The molecule has 3 rings (SSSR count). The van der Waals surface area contributed by atoms with Crippen molar-refractivity contribution in [2.45, 2.75) is 17.8 Å². The number of amides is 1. The van der Waals surface area contributed by atoms with E-state index in [1.807, 2.05) is 17.0 Å². The molecule has 2 unspecified atom stereocenters. The summed E-state index contributed by atoms with van der Waals surface area (Å²) in [5.74, 6) is -1.72. The third kappa shape index (κ3) is 5.22. The average molecular weight is 433 g/mol. The number of rotatable bonds is 6. The molecule has 2 fully saturated rings. The van der Waals surface area contributed by atoms with Gasteiger partial charge in [-0.1, -0.05) is 35.5 Å². The number of hydrogen-bond donors (Lipinski definition) is 1. The Morgan fingerprint density at radius 3 is 2.63 bits per heavy atom. The minimum Gasteiger partial charge on any atom is -0.480 e. The van der Waals surface area contributed by atoms with Gasteiger partial charge in [-0.15, -0.1) is 0 Å². The number of benzene rings is 1. The van der Waals surface area contributed by atoms with Crippen LogP contribution in [0.2, 0.25) is 5.02 Å². The molecule has 2 heterocycles. The van der Waals surface area contributed by atoms with Gasteiger partial charge in [0, 0.05) is 16.8 Å². The van der Waals surface area contributed by atoms with Crippen molar-refractivity contribution in [3.63, 3.8) is 0 Å². The minimum atomic E-state index is -3.13. The van der Waals surface area contributed by atoms with Crippen LogP contribution in [0.4, 0.5) is 0 Å². The average Bonchev–Trinajstić information content (AvgIpc) is 3.02. The SMILES string of the molecule is O=C(O)COCC(=O)N=C1SC2CS(=O)(=O)CC2N1Cc1ccc(Cl)cc1. The fourth-order valence-electron chi connectivity index (χ4n) is 2.97. The summed E-state index contributed by atoms with van der Waals surface area (Å²) in [5.41, 5.74) is 0.909. The van der Waals surface area contributed by atoms with Crippen molar-refractivity contribution in [1.82, 2.24) is 4.90 Å². The van der Waals surface area contributed by atoms with Crippen LogP contribution in [-0.4, -0.2) is 71.5 Å². The summed E-state index contributed by atoms with van der Waals surface area (Å²) in [6.07, 6.45) is 0. The molecule has 2 saturated heterocycles. The van der Waals surface area contributed by atoms with Crippen LogP contribution in [0.1, 0.15) is 5.56 Å². The van der Waals surface area contributed by atoms with Gasteiger partial charge < -0.3 is 14.7 Å². The molecule has 11 heteroatoms. The largest absolute Gasteiger partial charge is 0.480 e. The van der Waals surface area contributed by atoms with E-state index in [4.69, 9.17) is 21.4 Å². The predicted molar refractivity (Wildman–Crippen MR) is 102 cm³/mol. The minimum absolute atomic E-state index is 0.0149. The van der Waals surface area contributed by atoms with Crippen LogP contribution in [0.25, 0.3) is 0 Å². The number of fused-ring (bicyclic) bond motifs is 1. The van der Waals surface area contributed by atoms with Crippen LogP contribution >= 0.6 is 23.4 Å². The second-order valence-electron chi connectivity index (χ2n) is 6.23. The van der Waals surface area contributed by atoms with Crippen molar-refractivity contribution >= 4 is 50.2 Å². The van der Waals surface area contributed by atoms with E-state index in [0.717, 1.165) is 5.56 Å². The molecule has 27 heavy (non-hydrogen) atoms. The van der Waals surface area contributed by atoms with Crippen molar-refractivity contribution in [2.24, 2.45) is 4.99 Å². The zero-order chi connectivity index (χ0) is 19.6. The Kier molecular flexibility index (Phi) is 6.09. The number of ether oxygens (including phenoxy) is 1. The van der Waals surface area contributed by atoms with E-state index in [9.17, 15) is 18.0 Å². The Bertz CT molecular complexity index is 871. The Hall–Kier alpha value is -1.62. The number of aliphatic carboxylic acids is 1. The lowest BCUT2D eigenvalue weighted by Gasteiger charge is -2.24. The van der Waals surface area contributed by atoms with Gasteiger partial charge >= 0.3 is 5.97 Å². The van der Waals surface area contributed by atoms with Crippen LogP contribution in [0, 0.1) is 0 Å². The number of carboxylic acid groups (broad SMARTS) is 1. The van der Waals surface area contributed by atoms with Gasteiger partial charge in [0.1, 0.15) is 13.2 Å². The van der Waals surface area contributed by atoms with Gasteiger partial charge in [-0.3, -0.25) is 4.79 Å². The summed E-state index contributed by atoms with van der Waals surface area (Å²) in [6.45, 7) is -0.635. The van der Waals surface area contributed by atoms with Crippen molar-refractivity contribution in [2.75, 3.05) is 24.7 Å². The van der Waals surface area contributed by atoms with Gasteiger partial charge in [0.15, 0.2) is 15.0 Å². The van der Waals surface area contributed by atoms with Crippen molar-refractivity contribution in [3.05, 3.63) is 34.9 Å². The van der Waals surface area contributed by atoms with Crippen molar-refractivity contribution in [1.29, 1.82) is 0 Å². The number of carboxylic acids is 1. The predicted octanol–water partition coefficient (Wildman–Crippen LogP) is 1.04. The zero-order valence-corrected chi connectivity index (χ0v) is 16.5. The Morgan fingerprint density at radius 1 is 1.26 bits per heavy atom. The highest BCUT2D eigenvalue weighted by molar-refractivity contribution is 8.15. The number of aliphatic imine (C=N–C) groups is 1. The van der Waals surface area contributed by atoms with Crippen LogP contribution in [0.3, 0.4) is 0 Å². The molecule has 1 amide bonds. The lowest BCUT2D eigenvalue weighted by atomic mass is 10.1. The van der Waals surface area contributed by atoms with Gasteiger partial charge in [-0.25, -0.2) is 13.2 Å². The first kappa shape index (κ1) is 20.1. The van der Waals surface area contributed by atoms with E-state index >= 15 is 0 Å².